The molecule has 2 heterocycles. The number of aromatic amines is 1. The Morgan fingerprint density at radius 1 is 1.26 bits per heavy atom. The monoisotopic (exact) mass is 329 g/mol. The summed E-state index contributed by atoms with van der Waals surface area (Å²) in [5, 5.41) is 10.7. The molecule has 0 spiro atoms. The van der Waals surface area contributed by atoms with Gasteiger partial charge in [-0.25, -0.2) is 0 Å². The quantitative estimate of drug-likeness (QED) is 0.536. The highest BCUT2D eigenvalue weighted by Gasteiger charge is 2.15. The number of benzene rings is 1. The molecule has 0 radical (unpaired) electrons. The van der Waals surface area contributed by atoms with Gasteiger partial charge in [-0.3, -0.25) is 9.59 Å². The van der Waals surface area contributed by atoms with E-state index in [4.69, 9.17) is 9.52 Å². The second-order valence-corrected chi connectivity index (χ2v) is 5.96. The van der Waals surface area contributed by atoms with Crippen molar-refractivity contribution in [1.29, 1.82) is 0 Å². The maximum Gasteiger partial charge on any atom is 0.303 e. The number of hydrogen-bond donors (Lipinski definition) is 2. The highest BCUT2D eigenvalue weighted by molar-refractivity contribution is 7.28. The third-order valence-electron chi connectivity index (χ3n) is 3.73. The first-order valence-corrected chi connectivity index (χ1v) is 7.83. The van der Waals surface area contributed by atoms with E-state index in [2.05, 4.69) is 14.2 Å². The fourth-order valence-corrected chi connectivity index (χ4v) is 2.91. The molecule has 2 aromatic heterocycles. The molecule has 0 fully saturated rings. The molecule has 3 aromatic rings. The average Bonchev–Trinajstić information content (AvgIpc) is 3.13. The van der Waals surface area contributed by atoms with Crippen LogP contribution in [0.4, 0.5) is 0 Å². The van der Waals surface area contributed by atoms with E-state index in [9.17, 15) is 9.59 Å². The number of carboxylic acids is 1. The van der Waals surface area contributed by atoms with E-state index in [1.54, 1.807) is 12.3 Å². The van der Waals surface area contributed by atoms with Crippen LogP contribution in [0.15, 0.2) is 41.1 Å². The Labute approximate surface area is 134 Å². The number of carboxylic acid groups (broad SMARTS) is 1. The summed E-state index contributed by atoms with van der Waals surface area (Å²) in [4.78, 5) is 25.7. The molecule has 118 valence electrons. The predicted octanol–water partition coefficient (Wildman–Crippen LogP) is 3.37. The summed E-state index contributed by atoms with van der Waals surface area (Å²) in [7, 11) is 2.68. The summed E-state index contributed by atoms with van der Waals surface area (Å²) in [6, 6.07) is 7.69. The number of aliphatic carboxylic acids is 1. The number of para-hydroxylation sites is 1. The van der Waals surface area contributed by atoms with Crippen LogP contribution in [-0.2, 0) is 4.79 Å². The average molecular weight is 329 g/mol. The van der Waals surface area contributed by atoms with Crippen molar-refractivity contribution in [3.05, 3.63) is 42.5 Å². The lowest BCUT2D eigenvalue weighted by molar-refractivity contribution is -0.137. The minimum atomic E-state index is -0.898. The van der Waals surface area contributed by atoms with Gasteiger partial charge >= 0.3 is 5.97 Å². The Balaban J connectivity index is 1.82. The maximum absolute atomic E-state index is 12.0. The smallest absolute Gasteiger partial charge is 0.303 e. The van der Waals surface area contributed by atoms with Crippen LogP contribution in [-0.4, -0.2) is 21.8 Å². The predicted molar refractivity (Wildman–Crippen MR) is 91.2 cm³/mol. The number of rotatable bonds is 6. The lowest BCUT2D eigenvalue weighted by Crippen LogP contribution is -2.00. The maximum atomic E-state index is 12.0. The lowest BCUT2D eigenvalue weighted by atomic mass is 10.1. The van der Waals surface area contributed by atoms with E-state index in [1.807, 2.05) is 24.4 Å². The van der Waals surface area contributed by atoms with Gasteiger partial charge in [-0.1, -0.05) is 18.2 Å². The molecule has 6 heteroatoms. The standard InChI is InChI=1S/C17H16NO4P/c19-13(4-2-6-16(20)21)14-7-10(9-22-14)12-8-18-17-11(12)3-1-5-15(17)23/h1,3,5,7-9,18H,2,4,6,23H2,(H,20,21). The van der Waals surface area contributed by atoms with Gasteiger partial charge in [0, 0.05) is 35.6 Å². The number of nitrogens with one attached hydrogen (secondary N) is 1. The Kier molecular flexibility index (Phi) is 4.30. The van der Waals surface area contributed by atoms with Crippen LogP contribution in [0, 0.1) is 0 Å². The number of aromatic nitrogens is 1. The molecule has 0 aliphatic heterocycles. The Hall–Kier alpha value is -2.39. The number of Topliss-reactive ketones (excluding diaryl/α,β-unsaturated/α-hetero) is 1. The number of fused-ring (bicyclic) bond motifs is 1. The van der Waals surface area contributed by atoms with Gasteiger partial charge < -0.3 is 14.5 Å². The zero-order valence-electron chi connectivity index (χ0n) is 12.3. The summed E-state index contributed by atoms with van der Waals surface area (Å²) in [5.74, 6) is -0.809. The zero-order chi connectivity index (χ0) is 16.4. The number of furan rings is 1. The van der Waals surface area contributed by atoms with Crippen molar-refractivity contribution in [2.24, 2.45) is 0 Å². The summed E-state index contributed by atoms with van der Waals surface area (Å²) in [6.45, 7) is 0. The normalized spacial score (nSPS) is 11.0. The van der Waals surface area contributed by atoms with Crippen molar-refractivity contribution in [3.8, 4) is 11.1 Å². The molecule has 1 unspecified atom stereocenters. The van der Waals surface area contributed by atoms with E-state index in [0.717, 1.165) is 27.3 Å². The number of hydrogen-bond acceptors (Lipinski definition) is 3. The van der Waals surface area contributed by atoms with Gasteiger partial charge in [0.05, 0.1) is 11.8 Å². The molecule has 2 N–H and O–H groups in total. The van der Waals surface area contributed by atoms with Crippen LogP contribution >= 0.6 is 9.24 Å². The Morgan fingerprint density at radius 3 is 2.87 bits per heavy atom. The molecule has 23 heavy (non-hydrogen) atoms. The lowest BCUT2D eigenvalue weighted by Gasteiger charge is -1.97. The van der Waals surface area contributed by atoms with Crippen molar-refractivity contribution in [2.75, 3.05) is 0 Å². The topological polar surface area (TPSA) is 83.3 Å². The first kappa shape index (κ1) is 15.5. The summed E-state index contributed by atoms with van der Waals surface area (Å²) in [5.41, 5.74) is 2.83. The first-order valence-electron chi connectivity index (χ1n) is 7.25. The van der Waals surface area contributed by atoms with Crippen molar-refractivity contribution >= 4 is 37.2 Å². The minimum Gasteiger partial charge on any atom is -0.481 e. The highest BCUT2D eigenvalue weighted by atomic mass is 31.0. The van der Waals surface area contributed by atoms with Crippen molar-refractivity contribution < 1.29 is 19.1 Å². The fraction of sp³-hybridized carbons (Fsp3) is 0.176. The van der Waals surface area contributed by atoms with Crippen molar-refractivity contribution in [2.45, 2.75) is 19.3 Å². The molecule has 1 aromatic carbocycles. The summed E-state index contributed by atoms with van der Waals surface area (Å²) in [6.07, 6.45) is 3.92. The number of ketones is 1. The molecule has 0 aliphatic carbocycles. The number of carbonyl (C=O) groups excluding carboxylic acids is 1. The van der Waals surface area contributed by atoms with Gasteiger partial charge in [0.2, 0.25) is 0 Å². The van der Waals surface area contributed by atoms with E-state index in [-0.39, 0.29) is 24.4 Å². The number of H-pyrrole nitrogens is 1. The molecule has 0 amide bonds. The molecule has 1 atom stereocenters. The second-order valence-electron chi connectivity index (χ2n) is 5.34. The van der Waals surface area contributed by atoms with Gasteiger partial charge in [-0.05, 0) is 17.8 Å². The molecule has 0 bridgehead atoms. The largest absolute Gasteiger partial charge is 0.481 e. The van der Waals surface area contributed by atoms with Crippen LogP contribution in [0.25, 0.3) is 22.0 Å². The fourth-order valence-electron chi connectivity index (χ4n) is 2.56. The Morgan fingerprint density at radius 2 is 2.09 bits per heavy atom. The van der Waals surface area contributed by atoms with Crippen LogP contribution < -0.4 is 5.30 Å². The van der Waals surface area contributed by atoms with E-state index < -0.39 is 5.97 Å². The molecule has 0 saturated heterocycles. The zero-order valence-corrected chi connectivity index (χ0v) is 13.5. The van der Waals surface area contributed by atoms with Gasteiger partial charge in [0.1, 0.15) is 0 Å². The minimum absolute atomic E-state index is 0.0152. The van der Waals surface area contributed by atoms with E-state index in [1.165, 1.54) is 0 Å². The van der Waals surface area contributed by atoms with Crippen molar-refractivity contribution in [1.82, 2.24) is 4.98 Å². The first-order chi connectivity index (χ1) is 11.1. The molecular formula is C17H16NO4P. The van der Waals surface area contributed by atoms with Gasteiger partial charge in [-0.2, -0.15) is 0 Å². The van der Waals surface area contributed by atoms with E-state index in [0.29, 0.717) is 6.42 Å². The summed E-state index contributed by atoms with van der Waals surface area (Å²) < 4.78 is 5.37. The van der Waals surface area contributed by atoms with Crippen LogP contribution in [0.3, 0.4) is 0 Å². The van der Waals surface area contributed by atoms with Crippen LogP contribution in [0.1, 0.15) is 29.8 Å². The second kappa shape index (κ2) is 6.39. The molecule has 5 nitrogen and oxygen atoms in total. The molecule has 3 rings (SSSR count). The van der Waals surface area contributed by atoms with Gasteiger partial charge in [-0.15, -0.1) is 9.24 Å². The van der Waals surface area contributed by atoms with E-state index >= 15 is 0 Å². The van der Waals surface area contributed by atoms with Crippen LogP contribution in [0.5, 0.6) is 0 Å². The molecule has 0 aliphatic rings. The third-order valence-corrected chi connectivity index (χ3v) is 4.21. The van der Waals surface area contributed by atoms with Gasteiger partial charge in [0.25, 0.3) is 0 Å². The Bertz CT molecular complexity index is 878. The SMILES string of the molecule is O=C(O)CCCC(=O)c1cc(-c2c[nH]c3c(P)cccc23)co1. The van der Waals surface area contributed by atoms with Crippen LogP contribution in [0.2, 0.25) is 0 Å². The third kappa shape index (κ3) is 3.20. The molecular weight excluding hydrogens is 313 g/mol. The highest BCUT2D eigenvalue weighted by Crippen LogP contribution is 2.30. The molecule has 0 saturated carbocycles. The summed E-state index contributed by atoms with van der Waals surface area (Å²) >= 11 is 0. The van der Waals surface area contributed by atoms with Crippen molar-refractivity contribution in [3.63, 3.8) is 0 Å². The number of carbonyl (C=O) groups is 2. The van der Waals surface area contributed by atoms with Gasteiger partial charge in [0.15, 0.2) is 11.5 Å².